The molecule has 0 saturated heterocycles. The predicted molar refractivity (Wildman–Crippen MR) is 85.6 cm³/mol. The average molecular weight is 291 g/mol. The Balaban J connectivity index is 1.89. The summed E-state index contributed by atoms with van der Waals surface area (Å²) >= 11 is 0. The van der Waals surface area contributed by atoms with Crippen LogP contribution in [0.1, 0.15) is 18.9 Å². The second-order valence-corrected chi connectivity index (χ2v) is 4.49. The second-order valence-electron chi connectivity index (χ2n) is 4.49. The minimum Gasteiger partial charge on any atom is -0.383 e. The fraction of sp³-hybridized carbons (Fsp3) is 0.529. The number of rotatable bonds is 12. The van der Waals surface area contributed by atoms with E-state index < -0.39 is 0 Å². The van der Waals surface area contributed by atoms with Crippen LogP contribution in [0, 0.1) is 12.3 Å². The van der Waals surface area contributed by atoms with Gasteiger partial charge < -0.3 is 19.5 Å². The molecule has 1 rings (SSSR count). The number of anilines is 1. The summed E-state index contributed by atoms with van der Waals surface area (Å²) in [5, 5.41) is 3.27. The first-order valence-electron chi connectivity index (χ1n) is 7.40. The maximum absolute atomic E-state index is 5.47. The van der Waals surface area contributed by atoms with E-state index in [0.29, 0.717) is 33.0 Å². The standard InChI is InChI=1S/C17H25NO3/c1-3-10-19-12-14-21-15-13-20-11-9-18-17-7-5-16(4-2)6-8-17/h2,5-8,18H,3,9-15H2,1H3. The van der Waals surface area contributed by atoms with Gasteiger partial charge in [0.15, 0.2) is 0 Å². The Labute approximate surface area is 127 Å². The number of hydrogen-bond donors (Lipinski definition) is 1. The molecule has 4 nitrogen and oxygen atoms in total. The van der Waals surface area contributed by atoms with Gasteiger partial charge in [-0.1, -0.05) is 12.8 Å². The van der Waals surface area contributed by atoms with E-state index in [-0.39, 0.29) is 0 Å². The van der Waals surface area contributed by atoms with Crippen molar-refractivity contribution in [1.29, 1.82) is 0 Å². The molecule has 0 aliphatic rings. The van der Waals surface area contributed by atoms with Crippen LogP contribution >= 0.6 is 0 Å². The van der Waals surface area contributed by atoms with Gasteiger partial charge >= 0.3 is 0 Å². The van der Waals surface area contributed by atoms with Crippen LogP contribution in [0.4, 0.5) is 5.69 Å². The highest BCUT2D eigenvalue weighted by Gasteiger charge is 1.93. The molecule has 4 heteroatoms. The molecule has 0 aliphatic carbocycles. The molecule has 0 fully saturated rings. The largest absolute Gasteiger partial charge is 0.383 e. The van der Waals surface area contributed by atoms with Gasteiger partial charge in [-0.25, -0.2) is 0 Å². The van der Waals surface area contributed by atoms with E-state index >= 15 is 0 Å². The quantitative estimate of drug-likeness (QED) is 0.474. The molecule has 1 aromatic rings. The molecule has 0 heterocycles. The lowest BCUT2D eigenvalue weighted by molar-refractivity contribution is 0.0165. The van der Waals surface area contributed by atoms with Crippen LogP contribution < -0.4 is 5.32 Å². The number of ether oxygens (including phenoxy) is 3. The van der Waals surface area contributed by atoms with Gasteiger partial charge in [0.25, 0.3) is 0 Å². The van der Waals surface area contributed by atoms with Crippen molar-refractivity contribution >= 4 is 5.69 Å². The monoisotopic (exact) mass is 291 g/mol. The molecule has 0 aromatic heterocycles. The first-order valence-corrected chi connectivity index (χ1v) is 7.40. The van der Waals surface area contributed by atoms with Crippen molar-refractivity contribution in [1.82, 2.24) is 0 Å². The first-order chi connectivity index (χ1) is 10.4. The molecule has 0 spiro atoms. The maximum atomic E-state index is 5.47. The molecule has 0 aliphatic heterocycles. The minimum absolute atomic E-state index is 0.603. The molecule has 1 aromatic carbocycles. The molecule has 0 radical (unpaired) electrons. The fourth-order valence-electron chi connectivity index (χ4n) is 1.64. The molecule has 116 valence electrons. The third-order valence-corrected chi connectivity index (χ3v) is 2.72. The molecule has 0 bridgehead atoms. The van der Waals surface area contributed by atoms with E-state index in [4.69, 9.17) is 20.6 Å². The van der Waals surface area contributed by atoms with Crippen molar-refractivity contribution in [3.8, 4) is 12.3 Å². The van der Waals surface area contributed by atoms with Gasteiger partial charge in [0.05, 0.1) is 33.0 Å². The summed E-state index contributed by atoms with van der Waals surface area (Å²) < 4.78 is 16.2. The average Bonchev–Trinajstić information content (AvgIpc) is 2.53. The Kier molecular flexibility index (Phi) is 10.2. The van der Waals surface area contributed by atoms with Gasteiger partial charge in [-0.15, -0.1) is 6.42 Å². The van der Waals surface area contributed by atoms with E-state index in [1.54, 1.807) is 0 Å². The summed E-state index contributed by atoms with van der Waals surface area (Å²) in [5.74, 6) is 2.59. The van der Waals surface area contributed by atoms with Crippen molar-refractivity contribution in [3.05, 3.63) is 29.8 Å². The second kappa shape index (κ2) is 12.2. The summed E-state index contributed by atoms with van der Waals surface area (Å²) in [6, 6.07) is 7.76. The van der Waals surface area contributed by atoms with Crippen LogP contribution in [0.25, 0.3) is 0 Å². The number of nitrogens with one attached hydrogen (secondary N) is 1. The van der Waals surface area contributed by atoms with E-state index in [2.05, 4.69) is 18.2 Å². The Morgan fingerprint density at radius 2 is 1.48 bits per heavy atom. The molecule has 21 heavy (non-hydrogen) atoms. The van der Waals surface area contributed by atoms with E-state index in [9.17, 15) is 0 Å². The Bertz CT molecular complexity index is 397. The zero-order valence-corrected chi connectivity index (χ0v) is 12.8. The van der Waals surface area contributed by atoms with Crippen molar-refractivity contribution in [3.63, 3.8) is 0 Å². The van der Waals surface area contributed by atoms with Crippen molar-refractivity contribution < 1.29 is 14.2 Å². The molecular weight excluding hydrogens is 266 g/mol. The lowest BCUT2D eigenvalue weighted by Crippen LogP contribution is -2.13. The van der Waals surface area contributed by atoms with Gasteiger partial charge in [-0.05, 0) is 30.7 Å². The minimum atomic E-state index is 0.603. The van der Waals surface area contributed by atoms with E-state index in [1.165, 1.54) is 0 Å². The van der Waals surface area contributed by atoms with E-state index in [1.807, 2.05) is 24.3 Å². The zero-order valence-electron chi connectivity index (χ0n) is 12.8. The molecule has 0 amide bonds. The van der Waals surface area contributed by atoms with Crippen LogP contribution in [0.15, 0.2) is 24.3 Å². The first kappa shape index (κ1) is 17.5. The van der Waals surface area contributed by atoms with Crippen LogP contribution in [0.2, 0.25) is 0 Å². The van der Waals surface area contributed by atoms with E-state index in [0.717, 1.165) is 30.8 Å². The summed E-state index contributed by atoms with van der Waals surface area (Å²) in [6.45, 7) is 6.78. The van der Waals surface area contributed by atoms with Crippen molar-refractivity contribution in [2.45, 2.75) is 13.3 Å². The Morgan fingerprint density at radius 3 is 2.05 bits per heavy atom. The van der Waals surface area contributed by atoms with Gasteiger partial charge in [0.1, 0.15) is 0 Å². The van der Waals surface area contributed by atoms with Crippen LogP contribution in [0.3, 0.4) is 0 Å². The normalized spacial score (nSPS) is 10.3. The highest BCUT2D eigenvalue weighted by molar-refractivity contribution is 5.47. The lowest BCUT2D eigenvalue weighted by Gasteiger charge is -2.08. The summed E-state index contributed by atoms with van der Waals surface area (Å²) in [5.41, 5.74) is 1.93. The molecule has 0 atom stereocenters. The lowest BCUT2D eigenvalue weighted by atomic mass is 10.2. The zero-order chi connectivity index (χ0) is 15.2. The Morgan fingerprint density at radius 1 is 0.905 bits per heavy atom. The summed E-state index contributed by atoms with van der Waals surface area (Å²) in [6.07, 6.45) is 6.35. The van der Waals surface area contributed by atoms with Crippen LogP contribution in [-0.2, 0) is 14.2 Å². The topological polar surface area (TPSA) is 39.7 Å². The predicted octanol–water partition coefficient (Wildman–Crippen LogP) is 2.54. The Hall–Kier alpha value is -1.54. The number of benzene rings is 1. The van der Waals surface area contributed by atoms with Crippen LogP contribution in [-0.4, -0.2) is 46.2 Å². The van der Waals surface area contributed by atoms with Gasteiger partial charge in [-0.2, -0.15) is 0 Å². The fourth-order valence-corrected chi connectivity index (χ4v) is 1.64. The summed E-state index contributed by atoms with van der Waals surface area (Å²) in [7, 11) is 0. The SMILES string of the molecule is C#Cc1ccc(NCCOCCOCCOCCC)cc1. The smallest absolute Gasteiger partial charge is 0.0701 e. The highest BCUT2D eigenvalue weighted by Crippen LogP contribution is 2.07. The summed E-state index contributed by atoms with van der Waals surface area (Å²) in [4.78, 5) is 0. The number of hydrogen-bond acceptors (Lipinski definition) is 4. The third kappa shape index (κ3) is 9.09. The molecular formula is C17H25NO3. The molecule has 0 saturated carbocycles. The number of terminal acetylenes is 1. The van der Waals surface area contributed by atoms with Gasteiger partial charge in [-0.3, -0.25) is 0 Å². The van der Waals surface area contributed by atoms with Gasteiger partial charge in [0.2, 0.25) is 0 Å². The molecule has 0 unspecified atom stereocenters. The maximum Gasteiger partial charge on any atom is 0.0701 e. The van der Waals surface area contributed by atoms with Crippen molar-refractivity contribution in [2.24, 2.45) is 0 Å². The van der Waals surface area contributed by atoms with Crippen LogP contribution in [0.5, 0.6) is 0 Å². The molecule has 1 N–H and O–H groups in total. The van der Waals surface area contributed by atoms with Crippen molar-refractivity contribution in [2.75, 3.05) is 51.5 Å². The van der Waals surface area contributed by atoms with Gasteiger partial charge in [0, 0.05) is 24.4 Å². The highest BCUT2D eigenvalue weighted by atomic mass is 16.5. The third-order valence-electron chi connectivity index (χ3n) is 2.72.